The molecule has 0 aliphatic carbocycles. The molecule has 6 nitrogen and oxygen atoms in total. The second-order valence-corrected chi connectivity index (χ2v) is 4.45. The van der Waals surface area contributed by atoms with Gasteiger partial charge >= 0.3 is 5.97 Å². The van der Waals surface area contributed by atoms with E-state index in [1.54, 1.807) is 25.3 Å². The van der Waals surface area contributed by atoms with Gasteiger partial charge in [0.25, 0.3) is 0 Å². The standard InChI is InChI=1S/C15H22N2O4/c1-20-10-4-8-17-14(18)7-9-16-13-6-3-5-12(11-13)15(19)21-2/h3,5-6,11,16H,4,7-10H2,1-2H3,(H,17,18). The van der Waals surface area contributed by atoms with E-state index in [-0.39, 0.29) is 11.9 Å². The van der Waals surface area contributed by atoms with E-state index in [0.717, 1.165) is 12.1 Å². The second kappa shape index (κ2) is 9.77. The van der Waals surface area contributed by atoms with Gasteiger partial charge in [-0.1, -0.05) is 6.07 Å². The molecule has 1 aromatic rings. The van der Waals surface area contributed by atoms with Gasteiger partial charge in [0.05, 0.1) is 12.7 Å². The lowest BCUT2D eigenvalue weighted by Crippen LogP contribution is -2.26. The van der Waals surface area contributed by atoms with E-state index in [0.29, 0.717) is 31.7 Å². The number of benzene rings is 1. The number of carbonyl (C=O) groups is 2. The normalized spacial score (nSPS) is 10.0. The molecular formula is C15H22N2O4. The van der Waals surface area contributed by atoms with Crippen LogP contribution >= 0.6 is 0 Å². The van der Waals surface area contributed by atoms with Crippen molar-refractivity contribution < 1.29 is 19.1 Å². The van der Waals surface area contributed by atoms with E-state index in [1.807, 2.05) is 6.07 Å². The molecule has 1 rings (SSSR count). The summed E-state index contributed by atoms with van der Waals surface area (Å²) in [6.07, 6.45) is 1.17. The SMILES string of the molecule is COCCCNC(=O)CCNc1cccc(C(=O)OC)c1. The molecule has 0 saturated heterocycles. The summed E-state index contributed by atoms with van der Waals surface area (Å²) in [5, 5.41) is 5.91. The van der Waals surface area contributed by atoms with Gasteiger partial charge in [-0.05, 0) is 24.6 Å². The molecule has 0 bridgehead atoms. The average Bonchev–Trinajstić information content (AvgIpc) is 2.51. The number of nitrogens with one attached hydrogen (secondary N) is 2. The quantitative estimate of drug-likeness (QED) is 0.532. The van der Waals surface area contributed by atoms with Gasteiger partial charge in [0.15, 0.2) is 0 Å². The maximum absolute atomic E-state index is 11.6. The predicted molar refractivity (Wildman–Crippen MR) is 80.4 cm³/mol. The van der Waals surface area contributed by atoms with Crippen molar-refractivity contribution >= 4 is 17.6 Å². The van der Waals surface area contributed by atoms with Crippen LogP contribution in [0, 0.1) is 0 Å². The number of amides is 1. The first kappa shape index (κ1) is 17.0. The van der Waals surface area contributed by atoms with Crippen molar-refractivity contribution in [2.75, 3.05) is 39.2 Å². The zero-order chi connectivity index (χ0) is 15.5. The zero-order valence-electron chi connectivity index (χ0n) is 12.5. The van der Waals surface area contributed by atoms with Crippen LogP contribution in [0.25, 0.3) is 0 Å². The Hall–Kier alpha value is -2.08. The molecule has 0 aliphatic heterocycles. The van der Waals surface area contributed by atoms with Crippen molar-refractivity contribution in [2.45, 2.75) is 12.8 Å². The Kier molecular flexibility index (Phi) is 7.89. The van der Waals surface area contributed by atoms with Crippen LogP contribution in [0.4, 0.5) is 5.69 Å². The summed E-state index contributed by atoms with van der Waals surface area (Å²) in [5.74, 6) is -0.391. The topological polar surface area (TPSA) is 76.7 Å². The van der Waals surface area contributed by atoms with E-state index in [4.69, 9.17) is 4.74 Å². The number of esters is 1. The lowest BCUT2D eigenvalue weighted by molar-refractivity contribution is -0.120. The molecule has 0 unspecified atom stereocenters. The van der Waals surface area contributed by atoms with E-state index in [2.05, 4.69) is 15.4 Å². The highest BCUT2D eigenvalue weighted by molar-refractivity contribution is 5.90. The molecule has 21 heavy (non-hydrogen) atoms. The number of hydrogen-bond donors (Lipinski definition) is 2. The molecule has 116 valence electrons. The number of hydrogen-bond acceptors (Lipinski definition) is 5. The van der Waals surface area contributed by atoms with Gasteiger partial charge in [0.1, 0.15) is 0 Å². The molecule has 0 atom stereocenters. The van der Waals surface area contributed by atoms with Gasteiger partial charge in [-0.15, -0.1) is 0 Å². The Balaban J connectivity index is 2.29. The van der Waals surface area contributed by atoms with Gasteiger partial charge in [-0.3, -0.25) is 4.79 Å². The first-order chi connectivity index (χ1) is 10.2. The van der Waals surface area contributed by atoms with Crippen LogP contribution < -0.4 is 10.6 Å². The highest BCUT2D eigenvalue weighted by Crippen LogP contribution is 2.11. The maximum Gasteiger partial charge on any atom is 0.337 e. The largest absolute Gasteiger partial charge is 0.465 e. The number of anilines is 1. The minimum absolute atomic E-state index is 0.0114. The van der Waals surface area contributed by atoms with Crippen molar-refractivity contribution in [1.82, 2.24) is 5.32 Å². The number of ether oxygens (including phenoxy) is 2. The van der Waals surface area contributed by atoms with Crippen LogP contribution in [0.1, 0.15) is 23.2 Å². The summed E-state index contributed by atoms with van der Waals surface area (Å²) in [4.78, 5) is 22.9. The van der Waals surface area contributed by atoms with Crippen molar-refractivity contribution in [2.24, 2.45) is 0 Å². The van der Waals surface area contributed by atoms with Gasteiger partial charge in [-0.25, -0.2) is 4.79 Å². The number of methoxy groups -OCH3 is 2. The fourth-order valence-electron chi connectivity index (χ4n) is 1.73. The Morgan fingerprint density at radius 2 is 2.00 bits per heavy atom. The molecular weight excluding hydrogens is 272 g/mol. The van der Waals surface area contributed by atoms with Crippen LogP contribution in [0.15, 0.2) is 24.3 Å². The predicted octanol–water partition coefficient (Wildman–Crippen LogP) is 1.43. The molecule has 0 spiro atoms. The lowest BCUT2D eigenvalue weighted by Gasteiger charge is -2.08. The monoisotopic (exact) mass is 294 g/mol. The summed E-state index contributed by atoms with van der Waals surface area (Å²) < 4.78 is 9.56. The summed E-state index contributed by atoms with van der Waals surface area (Å²) in [5.41, 5.74) is 1.26. The van der Waals surface area contributed by atoms with Crippen molar-refractivity contribution in [3.8, 4) is 0 Å². The fourth-order valence-corrected chi connectivity index (χ4v) is 1.73. The smallest absolute Gasteiger partial charge is 0.337 e. The molecule has 1 amide bonds. The summed E-state index contributed by atoms with van der Waals surface area (Å²) in [7, 11) is 2.98. The minimum atomic E-state index is -0.380. The molecule has 0 fully saturated rings. The van der Waals surface area contributed by atoms with Crippen LogP contribution in [0.2, 0.25) is 0 Å². The van der Waals surface area contributed by atoms with Gasteiger partial charge in [-0.2, -0.15) is 0 Å². The van der Waals surface area contributed by atoms with Crippen LogP contribution in [0.3, 0.4) is 0 Å². The van der Waals surface area contributed by atoms with Gasteiger partial charge < -0.3 is 20.1 Å². The summed E-state index contributed by atoms with van der Waals surface area (Å²) in [6, 6.07) is 6.98. The first-order valence-corrected chi connectivity index (χ1v) is 6.85. The molecule has 0 radical (unpaired) electrons. The molecule has 0 heterocycles. The molecule has 0 aromatic heterocycles. The highest BCUT2D eigenvalue weighted by Gasteiger charge is 2.05. The molecule has 0 saturated carbocycles. The van der Waals surface area contributed by atoms with Crippen LogP contribution in [-0.2, 0) is 14.3 Å². The molecule has 1 aromatic carbocycles. The summed E-state index contributed by atoms with van der Waals surface area (Å²) in [6.45, 7) is 1.75. The van der Waals surface area contributed by atoms with E-state index in [9.17, 15) is 9.59 Å². The third kappa shape index (κ3) is 6.76. The van der Waals surface area contributed by atoms with Gasteiger partial charge in [0.2, 0.25) is 5.91 Å². The van der Waals surface area contributed by atoms with Crippen molar-refractivity contribution in [3.63, 3.8) is 0 Å². The fraction of sp³-hybridized carbons (Fsp3) is 0.467. The Bertz CT molecular complexity index is 463. The molecule has 0 aliphatic rings. The number of rotatable bonds is 9. The summed E-state index contributed by atoms with van der Waals surface area (Å²) >= 11 is 0. The second-order valence-electron chi connectivity index (χ2n) is 4.45. The Morgan fingerprint density at radius 3 is 2.71 bits per heavy atom. The molecule has 2 N–H and O–H groups in total. The van der Waals surface area contributed by atoms with Crippen LogP contribution in [0.5, 0.6) is 0 Å². The Morgan fingerprint density at radius 1 is 1.19 bits per heavy atom. The van der Waals surface area contributed by atoms with Crippen LogP contribution in [-0.4, -0.2) is 45.8 Å². The van der Waals surface area contributed by atoms with Crippen molar-refractivity contribution in [1.29, 1.82) is 0 Å². The van der Waals surface area contributed by atoms with E-state index >= 15 is 0 Å². The number of carbonyl (C=O) groups excluding carboxylic acids is 2. The zero-order valence-corrected chi connectivity index (χ0v) is 12.5. The van der Waals surface area contributed by atoms with E-state index < -0.39 is 0 Å². The lowest BCUT2D eigenvalue weighted by atomic mass is 10.2. The molecule has 6 heteroatoms. The highest BCUT2D eigenvalue weighted by atomic mass is 16.5. The van der Waals surface area contributed by atoms with Gasteiger partial charge in [0, 0.05) is 38.9 Å². The van der Waals surface area contributed by atoms with Crippen molar-refractivity contribution in [3.05, 3.63) is 29.8 Å². The first-order valence-electron chi connectivity index (χ1n) is 6.85. The third-order valence-corrected chi connectivity index (χ3v) is 2.81. The van der Waals surface area contributed by atoms with E-state index in [1.165, 1.54) is 7.11 Å². The Labute approximate surface area is 124 Å². The average molecular weight is 294 g/mol. The minimum Gasteiger partial charge on any atom is -0.465 e. The maximum atomic E-state index is 11.6. The third-order valence-electron chi connectivity index (χ3n) is 2.81.